The normalized spacial score (nSPS) is 12.8. The molecule has 0 aromatic rings. The van der Waals surface area contributed by atoms with Gasteiger partial charge in [-0.15, -0.1) is 11.8 Å². The minimum Gasteiger partial charge on any atom is -0.300 e. The molecule has 0 aliphatic rings. The third kappa shape index (κ3) is 7.91. The Balaban J connectivity index is 4.15. The molecule has 0 heterocycles. The van der Waals surface area contributed by atoms with Crippen molar-refractivity contribution in [1.29, 1.82) is 0 Å². The summed E-state index contributed by atoms with van der Waals surface area (Å²) in [4.78, 5) is 23.0. The summed E-state index contributed by atoms with van der Waals surface area (Å²) >= 11 is 1.62. The van der Waals surface area contributed by atoms with Crippen LogP contribution in [0.2, 0.25) is 0 Å². The lowest BCUT2D eigenvalue weighted by atomic mass is 10.1. The molecule has 16 heavy (non-hydrogen) atoms. The van der Waals surface area contributed by atoms with Crippen LogP contribution in [0, 0.1) is 0 Å². The number of unbranched alkanes of at least 4 members (excludes halogenated alkanes) is 2. The molecule has 0 fully saturated rings. The Bertz CT molecular complexity index is 224. The van der Waals surface area contributed by atoms with Crippen molar-refractivity contribution in [3.05, 3.63) is 0 Å². The fraction of sp³-hybridized carbons (Fsp3) is 0.846. The van der Waals surface area contributed by atoms with E-state index < -0.39 is 0 Å². The zero-order valence-corrected chi connectivity index (χ0v) is 11.7. The summed E-state index contributed by atoms with van der Waals surface area (Å²) in [5.74, 6) is 0.365. The molecular weight excluding hydrogens is 220 g/mol. The van der Waals surface area contributed by atoms with Gasteiger partial charge < -0.3 is 0 Å². The number of rotatable bonds is 9. The van der Waals surface area contributed by atoms with Crippen molar-refractivity contribution in [2.24, 2.45) is 0 Å². The molecule has 0 saturated carbocycles. The van der Waals surface area contributed by atoms with Crippen molar-refractivity contribution < 1.29 is 9.59 Å². The molecule has 0 rings (SSSR count). The van der Waals surface area contributed by atoms with Crippen LogP contribution < -0.4 is 0 Å². The van der Waals surface area contributed by atoms with Crippen LogP contribution in [0.4, 0.5) is 0 Å². The van der Waals surface area contributed by atoms with Crippen LogP contribution in [0.3, 0.4) is 0 Å². The van der Waals surface area contributed by atoms with E-state index in [9.17, 15) is 9.59 Å². The van der Waals surface area contributed by atoms with E-state index in [1.54, 1.807) is 18.7 Å². The summed E-state index contributed by atoms with van der Waals surface area (Å²) in [7, 11) is 0. The molecule has 1 unspecified atom stereocenters. The number of carbonyl (C=O) groups excluding carboxylic acids is 2. The second-order valence-corrected chi connectivity index (χ2v) is 6.29. The summed E-state index contributed by atoms with van der Waals surface area (Å²) in [6.45, 7) is 7.82. The molecule has 1 atom stereocenters. The zero-order valence-electron chi connectivity index (χ0n) is 10.9. The fourth-order valence-corrected chi connectivity index (χ4v) is 2.80. The molecule has 0 spiro atoms. The number of thioether (sulfide) groups is 1. The zero-order chi connectivity index (χ0) is 12.6. The van der Waals surface area contributed by atoms with E-state index >= 15 is 0 Å². The summed E-state index contributed by atoms with van der Waals surface area (Å²) < 4.78 is 0. The van der Waals surface area contributed by atoms with Gasteiger partial charge in [0.15, 0.2) is 0 Å². The Labute approximate surface area is 104 Å². The van der Waals surface area contributed by atoms with E-state index in [4.69, 9.17) is 0 Å². The standard InChI is InChI=1S/C13H24O2S/c1-5-6-7-8-12(15)13(9-11(4)14)16-10(2)3/h10,13H,5-9H2,1-4H3. The lowest BCUT2D eigenvalue weighted by Gasteiger charge is -2.16. The van der Waals surface area contributed by atoms with Gasteiger partial charge in [-0.1, -0.05) is 33.6 Å². The number of ketones is 2. The first-order chi connectivity index (χ1) is 7.47. The van der Waals surface area contributed by atoms with Gasteiger partial charge >= 0.3 is 0 Å². The van der Waals surface area contributed by atoms with Gasteiger partial charge in [-0.25, -0.2) is 0 Å². The highest BCUT2D eigenvalue weighted by molar-refractivity contribution is 8.01. The molecule has 0 aliphatic carbocycles. The van der Waals surface area contributed by atoms with Crippen molar-refractivity contribution in [2.45, 2.75) is 70.3 Å². The van der Waals surface area contributed by atoms with Gasteiger partial charge in [-0.3, -0.25) is 9.59 Å². The van der Waals surface area contributed by atoms with Gasteiger partial charge in [0.05, 0.1) is 5.25 Å². The Morgan fingerprint density at radius 2 is 1.81 bits per heavy atom. The molecule has 0 saturated heterocycles. The van der Waals surface area contributed by atoms with Gasteiger partial charge in [0.25, 0.3) is 0 Å². The van der Waals surface area contributed by atoms with Crippen LogP contribution in [0.15, 0.2) is 0 Å². The summed E-state index contributed by atoms with van der Waals surface area (Å²) in [6.07, 6.45) is 4.22. The third-order valence-electron chi connectivity index (χ3n) is 2.30. The first-order valence-corrected chi connectivity index (χ1v) is 7.09. The second-order valence-electron chi connectivity index (χ2n) is 4.50. The van der Waals surface area contributed by atoms with Crippen LogP contribution in [-0.4, -0.2) is 22.1 Å². The topological polar surface area (TPSA) is 34.1 Å². The van der Waals surface area contributed by atoms with Crippen molar-refractivity contribution in [3.8, 4) is 0 Å². The first-order valence-electron chi connectivity index (χ1n) is 6.15. The average Bonchev–Trinajstić information content (AvgIpc) is 2.15. The number of carbonyl (C=O) groups is 2. The van der Waals surface area contributed by atoms with Gasteiger partial charge in [0.1, 0.15) is 11.6 Å². The third-order valence-corrected chi connectivity index (χ3v) is 3.60. The van der Waals surface area contributed by atoms with Crippen LogP contribution in [0.25, 0.3) is 0 Å². The van der Waals surface area contributed by atoms with Crippen LogP contribution in [0.1, 0.15) is 59.8 Å². The minimum atomic E-state index is -0.116. The quantitative estimate of drug-likeness (QED) is 0.581. The lowest BCUT2D eigenvalue weighted by Crippen LogP contribution is -2.21. The van der Waals surface area contributed by atoms with Gasteiger partial charge in [0, 0.05) is 12.8 Å². The fourth-order valence-electron chi connectivity index (χ4n) is 1.54. The molecule has 3 heteroatoms. The highest BCUT2D eigenvalue weighted by Gasteiger charge is 2.21. The van der Waals surface area contributed by atoms with E-state index in [1.165, 1.54) is 0 Å². The first kappa shape index (κ1) is 15.7. The molecule has 0 radical (unpaired) electrons. The largest absolute Gasteiger partial charge is 0.300 e. The predicted octanol–water partition coefficient (Wildman–Crippen LogP) is 3.63. The van der Waals surface area contributed by atoms with Crippen LogP contribution in [-0.2, 0) is 9.59 Å². The van der Waals surface area contributed by atoms with E-state index in [1.807, 2.05) is 0 Å². The molecule has 0 bridgehead atoms. The monoisotopic (exact) mass is 244 g/mol. The molecule has 94 valence electrons. The van der Waals surface area contributed by atoms with Crippen molar-refractivity contribution in [3.63, 3.8) is 0 Å². The van der Waals surface area contributed by atoms with E-state index in [-0.39, 0.29) is 16.8 Å². The van der Waals surface area contributed by atoms with Crippen molar-refractivity contribution >= 4 is 23.3 Å². The molecule has 0 aromatic heterocycles. The van der Waals surface area contributed by atoms with Crippen LogP contribution in [0.5, 0.6) is 0 Å². The van der Waals surface area contributed by atoms with E-state index in [2.05, 4.69) is 20.8 Å². The summed E-state index contributed by atoms with van der Waals surface area (Å²) in [5, 5.41) is 0.286. The maximum atomic E-state index is 11.9. The van der Waals surface area contributed by atoms with Crippen LogP contribution >= 0.6 is 11.8 Å². The average molecular weight is 244 g/mol. The van der Waals surface area contributed by atoms with Gasteiger partial charge in [0.2, 0.25) is 0 Å². The molecule has 0 aliphatic heterocycles. The van der Waals surface area contributed by atoms with Gasteiger partial charge in [-0.2, -0.15) is 0 Å². The Hall–Kier alpha value is -0.310. The molecular formula is C13H24O2S. The maximum Gasteiger partial charge on any atom is 0.146 e. The Kier molecular flexibility index (Phi) is 8.63. The number of Topliss-reactive ketones (excluding diaryl/α,β-unsaturated/α-hetero) is 2. The highest BCUT2D eigenvalue weighted by atomic mass is 32.2. The molecule has 0 aromatic carbocycles. The number of hydrogen-bond acceptors (Lipinski definition) is 3. The van der Waals surface area contributed by atoms with Gasteiger partial charge in [-0.05, 0) is 18.6 Å². The molecule has 0 N–H and O–H groups in total. The number of hydrogen-bond donors (Lipinski definition) is 0. The molecule has 0 amide bonds. The van der Waals surface area contributed by atoms with Crippen molar-refractivity contribution in [2.75, 3.05) is 0 Å². The smallest absolute Gasteiger partial charge is 0.146 e. The summed E-state index contributed by atoms with van der Waals surface area (Å²) in [5.41, 5.74) is 0. The molecule has 2 nitrogen and oxygen atoms in total. The van der Waals surface area contributed by atoms with Crippen molar-refractivity contribution in [1.82, 2.24) is 0 Å². The Morgan fingerprint density at radius 1 is 1.19 bits per heavy atom. The lowest BCUT2D eigenvalue weighted by molar-refractivity contribution is -0.122. The second kappa shape index (κ2) is 8.80. The highest BCUT2D eigenvalue weighted by Crippen LogP contribution is 2.23. The Morgan fingerprint density at radius 3 is 2.25 bits per heavy atom. The minimum absolute atomic E-state index is 0.113. The summed E-state index contributed by atoms with van der Waals surface area (Å²) in [6, 6.07) is 0. The van der Waals surface area contributed by atoms with E-state index in [0.29, 0.717) is 18.1 Å². The SMILES string of the molecule is CCCCCC(=O)C(CC(C)=O)SC(C)C. The predicted molar refractivity (Wildman–Crippen MR) is 71.0 cm³/mol. The maximum absolute atomic E-state index is 11.9. The van der Waals surface area contributed by atoms with E-state index in [0.717, 1.165) is 19.3 Å².